The molecular formula is C19H20IN3O4. The fourth-order valence-corrected chi connectivity index (χ4v) is 2.38. The molecule has 0 bridgehead atoms. The molecule has 0 spiro atoms. The third kappa shape index (κ3) is 7.65. The molecule has 2 rings (SSSR count). The van der Waals surface area contributed by atoms with E-state index in [9.17, 15) is 9.59 Å². The Morgan fingerprint density at radius 3 is 2.26 bits per heavy atom. The molecule has 2 amide bonds. The van der Waals surface area contributed by atoms with Crippen LogP contribution >= 0.6 is 22.6 Å². The number of anilines is 1. The van der Waals surface area contributed by atoms with Crippen LogP contribution in [0.1, 0.15) is 13.3 Å². The van der Waals surface area contributed by atoms with Gasteiger partial charge in [-0.3, -0.25) is 9.59 Å². The van der Waals surface area contributed by atoms with Gasteiger partial charge in [0, 0.05) is 15.0 Å². The van der Waals surface area contributed by atoms with E-state index in [1.807, 2.05) is 24.3 Å². The van der Waals surface area contributed by atoms with E-state index in [0.717, 1.165) is 3.57 Å². The number of hydrazone groups is 1. The topological polar surface area (TPSA) is 89.0 Å². The van der Waals surface area contributed by atoms with Crippen LogP contribution in [-0.4, -0.2) is 31.2 Å². The number of halogens is 1. The minimum absolute atomic E-state index is 0.0750. The monoisotopic (exact) mass is 481 g/mol. The molecule has 0 heterocycles. The third-order valence-electron chi connectivity index (χ3n) is 3.35. The average molecular weight is 481 g/mol. The Morgan fingerprint density at radius 1 is 1.00 bits per heavy atom. The molecule has 0 aliphatic heterocycles. The Kier molecular flexibility index (Phi) is 8.05. The summed E-state index contributed by atoms with van der Waals surface area (Å²) in [4.78, 5) is 23.8. The Labute approximate surface area is 171 Å². The minimum Gasteiger partial charge on any atom is -0.497 e. The molecule has 0 unspecified atom stereocenters. The van der Waals surface area contributed by atoms with Gasteiger partial charge in [-0.1, -0.05) is 0 Å². The van der Waals surface area contributed by atoms with Gasteiger partial charge in [-0.2, -0.15) is 5.10 Å². The summed E-state index contributed by atoms with van der Waals surface area (Å²) >= 11 is 2.19. The maximum Gasteiger partial charge on any atom is 0.277 e. The molecule has 7 nitrogen and oxygen atoms in total. The summed E-state index contributed by atoms with van der Waals surface area (Å²) in [5, 5.41) is 6.69. The highest BCUT2D eigenvalue weighted by Crippen LogP contribution is 2.16. The zero-order valence-electron chi connectivity index (χ0n) is 15.0. The van der Waals surface area contributed by atoms with Crippen molar-refractivity contribution in [2.24, 2.45) is 5.10 Å². The largest absolute Gasteiger partial charge is 0.497 e. The predicted octanol–water partition coefficient (Wildman–Crippen LogP) is 3.20. The fourth-order valence-electron chi connectivity index (χ4n) is 2.02. The zero-order valence-corrected chi connectivity index (χ0v) is 17.1. The zero-order chi connectivity index (χ0) is 19.6. The van der Waals surface area contributed by atoms with Crippen LogP contribution in [0.5, 0.6) is 11.5 Å². The molecule has 0 aromatic heterocycles. The lowest BCUT2D eigenvalue weighted by molar-refractivity contribution is -0.123. The first-order valence-corrected chi connectivity index (χ1v) is 9.18. The minimum atomic E-state index is -0.414. The van der Waals surface area contributed by atoms with E-state index in [-0.39, 0.29) is 18.9 Å². The molecule has 0 aliphatic rings. The summed E-state index contributed by atoms with van der Waals surface area (Å²) in [6.45, 7) is 1.48. The lowest BCUT2D eigenvalue weighted by Gasteiger charge is -2.07. The van der Waals surface area contributed by atoms with E-state index >= 15 is 0 Å². The van der Waals surface area contributed by atoms with Gasteiger partial charge in [0.2, 0.25) is 5.91 Å². The first-order chi connectivity index (χ1) is 13.0. The van der Waals surface area contributed by atoms with Gasteiger partial charge in [0.1, 0.15) is 11.5 Å². The van der Waals surface area contributed by atoms with Crippen LogP contribution in [0.15, 0.2) is 53.6 Å². The Morgan fingerprint density at radius 2 is 1.63 bits per heavy atom. The van der Waals surface area contributed by atoms with Crippen LogP contribution < -0.4 is 20.2 Å². The number of hydrogen-bond acceptors (Lipinski definition) is 5. The number of benzene rings is 2. The van der Waals surface area contributed by atoms with E-state index in [4.69, 9.17) is 9.47 Å². The standard InChI is InChI=1S/C19H20IN3O4/c1-13(11-18(24)21-15-5-3-14(20)4-6-15)22-23-19(25)12-27-17-9-7-16(26-2)8-10-17/h3-10H,11-12H2,1-2H3,(H,21,24)(H,23,25)/b22-13+. The third-order valence-corrected chi connectivity index (χ3v) is 4.06. The van der Waals surface area contributed by atoms with Gasteiger partial charge in [-0.05, 0) is 78.0 Å². The van der Waals surface area contributed by atoms with Crippen molar-refractivity contribution in [3.8, 4) is 11.5 Å². The van der Waals surface area contributed by atoms with Gasteiger partial charge in [0.15, 0.2) is 6.61 Å². The highest BCUT2D eigenvalue weighted by atomic mass is 127. The van der Waals surface area contributed by atoms with E-state index in [0.29, 0.717) is 22.9 Å². The Bertz CT molecular complexity index is 805. The summed E-state index contributed by atoms with van der Waals surface area (Å²) in [6, 6.07) is 14.3. The lowest BCUT2D eigenvalue weighted by Crippen LogP contribution is -2.26. The van der Waals surface area contributed by atoms with Crippen LogP contribution in [0.25, 0.3) is 0 Å². The molecule has 0 radical (unpaired) electrons. The first kappa shape index (κ1) is 20.7. The number of nitrogens with one attached hydrogen (secondary N) is 2. The van der Waals surface area contributed by atoms with Gasteiger partial charge in [-0.25, -0.2) is 5.43 Å². The van der Waals surface area contributed by atoms with E-state index in [1.54, 1.807) is 38.3 Å². The summed E-state index contributed by atoms with van der Waals surface area (Å²) in [5.41, 5.74) is 3.57. The molecule has 142 valence electrons. The average Bonchev–Trinajstić information content (AvgIpc) is 2.67. The molecule has 0 aliphatic carbocycles. The number of carbonyl (C=O) groups excluding carboxylic acids is 2. The first-order valence-electron chi connectivity index (χ1n) is 8.10. The van der Waals surface area contributed by atoms with Gasteiger partial charge in [0.05, 0.1) is 13.5 Å². The van der Waals surface area contributed by atoms with Crippen LogP contribution in [-0.2, 0) is 9.59 Å². The van der Waals surface area contributed by atoms with Crippen LogP contribution in [0, 0.1) is 3.57 Å². The van der Waals surface area contributed by atoms with E-state index in [1.165, 1.54) is 0 Å². The molecule has 0 saturated carbocycles. The van der Waals surface area contributed by atoms with Gasteiger partial charge in [-0.15, -0.1) is 0 Å². The van der Waals surface area contributed by atoms with E-state index < -0.39 is 5.91 Å². The maximum atomic E-state index is 12.0. The number of rotatable bonds is 8. The molecule has 0 atom stereocenters. The van der Waals surface area contributed by atoms with Crippen LogP contribution in [0.4, 0.5) is 5.69 Å². The number of amides is 2. The van der Waals surface area contributed by atoms with Crippen molar-refractivity contribution in [3.63, 3.8) is 0 Å². The van der Waals surface area contributed by atoms with Gasteiger partial charge in [0.25, 0.3) is 5.91 Å². The van der Waals surface area contributed by atoms with Crippen molar-refractivity contribution in [1.82, 2.24) is 5.43 Å². The number of carbonyl (C=O) groups is 2. The smallest absolute Gasteiger partial charge is 0.277 e. The molecule has 2 aromatic carbocycles. The lowest BCUT2D eigenvalue weighted by atomic mass is 10.2. The quantitative estimate of drug-likeness (QED) is 0.345. The molecule has 8 heteroatoms. The summed E-state index contributed by atoms with van der Waals surface area (Å²) in [6.07, 6.45) is 0.0750. The van der Waals surface area contributed by atoms with E-state index in [2.05, 4.69) is 38.4 Å². The second kappa shape index (κ2) is 10.5. The van der Waals surface area contributed by atoms with Gasteiger partial charge >= 0.3 is 0 Å². The van der Waals surface area contributed by atoms with Crippen molar-refractivity contribution in [2.75, 3.05) is 19.0 Å². The molecule has 2 N–H and O–H groups in total. The Balaban J connectivity index is 1.73. The SMILES string of the molecule is COc1ccc(OCC(=O)N/N=C(\C)CC(=O)Nc2ccc(I)cc2)cc1. The molecule has 2 aromatic rings. The Hall–Kier alpha value is -2.62. The molecule has 0 fully saturated rings. The second-order valence-electron chi connectivity index (χ2n) is 5.58. The summed E-state index contributed by atoms with van der Waals surface area (Å²) in [7, 11) is 1.57. The van der Waals surface area contributed by atoms with Crippen molar-refractivity contribution in [1.29, 1.82) is 0 Å². The van der Waals surface area contributed by atoms with Crippen molar-refractivity contribution >= 4 is 45.8 Å². The number of hydrogen-bond donors (Lipinski definition) is 2. The van der Waals surface area contributed by atoms with Crippen LogP contribution in [0.3, 0.4) is 0 Å². The maximum absolute atomic E-state index is 12.0. The highest BCUT2D eigenvalue weighted by molar-refractivity contribution is 14.1. The fraction of sp³-hybridized carbons (Fsp3) is 0.211. The normalized spacial score (nSPS) is 10.9. The van der Waals surface area contributed by atoms with Gasteiger partial charge < -0.3 is 14.8 Å². The molecular weight excluding hydrogens is 461 g/mol. The second-order valence-corrected chi connectivity index (χ2v) is 6.82. The number of methoxy groups -OCH3 is 1. The number of nitrogens with zero attached hydrogens (tertiary/aromatic N) is 1. The molecule has 0 saturated heterocycles. The molecule has 27 heavy (non-hydrogen) atoms. The summed E-state index contributed by atoms with van der Waals surface area (Å²) in [5.74, 6) is 0.628. The van der Waals surface area contributed by atoms with Crippen molar-refractivity contribution < 1.29 is 19.1 Å². The highest BCUT2D eigenvalue weighted by Gasteiger charge is 2.06. The summed E-state index contributed by atoms with van der Waals surface area (Å²) < 4.78 is 11.5. The van der Waals surface area contributed by atoms with Crippen molar-refractivity contribution in [2.45, 2.75) is 13.3 Å². The van der Waals surface area contributed by atoms with Crippen LogP contribution in [0.2, 0.25) is 0 Å². The number of ether oxygens (including phenoxy) is 2. The van der Waals surface area contributed by atoms with Crippen molar-refractivity contribution in [3.05, 3.63) is 52.1 Å². The predicted molar refractivity (Wildman–Crippen MR) is 112 cm³/mol.